The molecule has 1 amide bonds. The molecule has 0 aliphatic carbocycles. The number of nitrogens with zero attached hydrogens (tertiary/aromatic N) is 1. The van der Waals surface area contributed by atoms with Gasteiger partial charge in [-0.3, -0.25) is 4.79 Å². The molecular weight excluding hydrogens is 276 g/mol. The van der Waals surface area contributed by atoms with Crippen molar-refractivity contribution in [1.82, 2.24) is 5.43 Å². The first-order valence-corrected chi connectivity index (χ1v) is 6.78. The van der Waals surface area contributed by atoms with Crippen LogP contribution in [-0.4, -0.2) is 25.8 Å². The van der Waals surface area contributed by atoms with E-state index in [2.05, 4.69) is 10.5 Å². The van der Waals surface area contributed by atoms with Crippen LogP contribution in [0.5, 0.6) is 11.5 Å². The van der Waals surface area contributed by atoms with Gasteiger partial charge in [0.25, 0.3) is 5.91 Å². The maximum absolute atomic E-state index is 11.5. The maximum Gasteiger partial charge on any atom is 0.277 e. The van der Waals surface area contributed by atoms with Crippen molar-refractivity contribution in [3.05, 3.63) is 46.7 Å². The third kappa shape index (κ3) is 4.40. The van der Waals surface area contributed by atoms with Crippen molar-refractivity contribution < 1.29 is 14.3 Å². The van der Waals surface area contributed by atoms with Crippen molar-refractivity contribution in [3.8, 4) is 11.5 Å². The Balaban J connectivity index is 1.74. The van der Waals surface area contributed by atoms with Gasteiger partial charge in [0.15, 0.2) is 6.61 Å². The molecule has 1 aromatic carbocycles. The number of ether oxygens (including phenoxy) is 2. The Kier molecular flexibility index (Phi) is 5.14. The Morgan fingerprint density at radius 2 is 2.05 bits per heavy atom. The molecule has 0 aliphatic heterocycles. The number of amides is 1. The lowest BCUT2D eigenvalue weighted by molar-refractivity contribution is -0.123. The predicted octanol–water partition coefficient (Wildman–Crippen LogP) is 2.29. The highest BCUT2D eigenvalue weighted by atomic mass is 32.1. The summed E-state index contributed by atoms with van der Waals surface area (Å²) in [5.74, 6) is 1.03. The van der Waals surface area contributed by atoms with E-state index in [-0.39, 0.29) is 12.5 Å². The van der Waals surface area contributed by atoms with Crippen LogP contribution in [0, 0.1) is 0 Å². The van der Waals surface area contributed by atoms with E-state index in [0.29, 0.717) is 5.75 Å². The van der Waals surface area contributed by atoms with Gasteiger partial charge in [-0.25, -0.2) is 5.43 Å². The quantitative estimate of drug-likeness (QED) is 0.656. The van der Waals surface area contributed by atoms with Gasteiger partial charge in [0.05, 0.1) is 13.3 Å². The molecule has 0 fully saturated rings. The van der Waals surface area contributed by atoms with Gasteiger partial charge < -0.3 is 9.47 Å². The first-order chi connectivity index (χ1) is 9.78. The molecule has 6 heteroatoms. The zero-order valence-electron chi connectivity index (χ0n) is 10.9. The summed E-state index contributed by atoms with van der Waals surface area (Å²) in [6.45, 7) is -0.0892. The van der Waals surface area contributed by atoms with E-state index in [9.17, 15) is 4.79 Å². The molecule has 0 unspecified atom stereocenters. The average Bonchev–Trinajstić information content (AvgIpc) is 2.99. The number of nitrogens with one attached hydrogen (secondary N) is 1. The summed E-state index contributed by atoms with van der Waals surface area (Å²) in [6.07, 6.45) is 1.59. The third-order valence-electron chi connectivity index (χ3n) is 2.35. The molecule has 0 atom stereocenters. The van der Waals surface area contributed by atoms with E-state index in [1.807, 2.05) is 17.5 Å². The molecule has 5 nitrogen and oxygen atoms in total. The summed E-state index contributed by atoms with van der Waals surface area (Å²) in [6, 6.07) is 10.8. The number of carbonyl (C=O) groups excluding carboxylic acids is 1. The fourth-order valence-corrected chi connectivity index (χ4v) is 1.97. The minimum atomic E-state index is -0.311. The highest BCUT2D eigenvalue weighted by molar-refractivity contribution is 7.11. The summed E-state index contributed by atoms with van der Waals surface area (Å²) in [4.78, 5) is 12.5. The van der Waals surface area contributed by atoms with Crippen LogP contribution in [0.25, 0.3) is 0 Å². The second-order valence-electron chi connectivity index (χ2n) is 3.77. The monoisotopic (exact) mass is 290 g/mol. The SMILES string of the molecule is COc1ccc(OCC(=O)NN=Cc2cccs2)cc1. The van der Waals surface area contributed by atoms with Crippen LogP contribution in [0.15, 0.2) is 46.9 Å². The molecule has 20 heavy (non-hydrogen) atoms. The number of hydrogen-bond donors (Lipinski definition) is 1. The standard InChI is InChI=1S/C14H14N2O3S/c1-18-11-4-6-12(7-5-11)19-10-14(17)16-15-9-13-3-2-8-20-13/h2-9H,10H2,1H3,(H,16,17). The smallest absolute Gasteiger partial charge is 0.277 e. The molecule has 0 aliphatic rings. The number of carbonyl (C=O) groups is 1. The highest BCUT2D eigenvalue weighted by Gasteiger charge is 2.01. The zero-order valence-corrected chi connectivity index (χ0v) is 11.7. The van der Waals surface area contributed by atoms with Gasteiger partial charge in [0, 0.05) is 4.88 Å². The van der Waals surface area contributed by atoms with E-state index < -0.39 is 0 Å². The van der Waals surface area contributed by atoms with Gasteiger partial charge in [0.2, 0.25) is 0 Å². The molecule has 1 aromatic heterocycles. The summed E-state index contributed by atoms with van der Waals surface area (Å²) in [5.41, 5.74) is 2.40. The molecule has 0 saturated heterocycles. The number of thiophene rings is 1. The fourth-order valence-electron chi connectivity index (χ4n) is 1.39. The van der Waals surface area contributed by atoms with Crippen molar-refractivity contribution in [2.24, 2.45) is 5.10 Å². The first-order valence-electron chi connectivity index (χ1n) is 5.90. The topological polar surface area (TPSA) is 59.9 Å². The Labute approximate surface area is 120 Å². The van der Waals surface area contributed by atoms with Crippen molar-refractivity contribution in [2.45, 2.75) is 0 Å². The summed E-state index contributed by atoms with van der Waals surface area (Å²) in [7, 11) is 1.59. The molecule has 0 spiro atoms. The third-order valence-corrected chi connectivity index (χ3v) is 3.16. The molecule has 1 heterocycles. The number of benzene rings is 1. The Hall–Kier alpha value is -2.34. The molecule has 0 radical (unpaired) electrons. The van der Waals surface area contributed by atoms with E-state index in [1.165, 1.54) is 0 Å². The lowest BCUT2D eigenvalue weighted by atomic mass is 10.3. The second kappa shape index (κ2) is 7.30. The molecule has 2 rings (SSSR count). The van der Waals surface area contributed by atoms with Crippen LogP contribution in [0.1, 0.15) is 4.88 Å². The van der Waals surface area contributed by atoms with Crippen molar-refractivity contribution in [3.63, 3.8) is 0 Å². The summed E-state index contributed by atoms with van der Waals surface area (Å²) >= 11 is 1.54. The van der Waals surface area contributed by atoms with Crippen LogP contribution in [0.3, 0.4) is 0 Å². The number of rotatable bonds is 6. The molecule has 2 aromatic rings. The van der Waals surface area contributed by atoms with Crippen LogP contribution in [0.2, 0.25) is 0 Å². The summed E-state index contributed by atoms with van der Waals surface area (Å²) in [5, 5.41) is 5.78. The van der Waals surface area contributed by atoms with Crippen LogP contribution in [-0.2, 0) is 4.79 Å². The zero-order chi connectivity index (χ0) is 14.2. The lowest BCUT2D eigenvalue weighted by Crippen LogP contribution is -2.24. The van der Waals surface area contributed by atoms with E-state index in [1.54, 1.807) is 48.9 Å². The van der Waals surface area contributed by atoms with Gasteiger partial charge in [-0.2, -0.15) is 5.10 Å². The normalized spacial score (nSPS) is 10.4. The number of methoxy groups -OCH3 is 1. The summed E-state index contributed by atoms with van der Waals surface area (Å²) < 4.78 is 10.3. The Bertz CT molecular complexity index is 565. The minimum absolute atomic E-state index is 0.0892. The van der Waals surface area contributed by atoms with Gasteiger partial charge in [-0.15, -0.1) is 11.3 Å². The molecular formula is C14H14N2O3S. The van der Waals surface area contributed by atoms with Crippen LogP contribution < -0.4 is 14.9 Å². The van der Waals surface area contributed by atoms with Gasteiger partial charge >= 0.3 is 0 Å². The Morgan fingerprint density at radius 1 is 1.30 bits per heavy atom. The molecule has 104 valence electrons. The second-order valence-corrected chi connectivity index (χ2v) is 4.75. The van der Waals surface area contributed by atoms with Crippen molar-refractivity contribution >= 4 is 23.5 Å². The predicted molar refractivity (Wildman–Crippen MR) is 78.5 cm³/mol. The van der Waals surface area contributed by atoms with E-state index in [0.717, 1.165) is 10.6 Å². The average molecular weight is 290 g/mol. The van der Waals surface area contributed by atoms with Gasteiger partial charge in [0.1, 0.15) is 11.5 Å². The van der Waals surface area contributed by atoms with Gasteiger partial charge in [-0.1, -0.05) is 6.07 Å². The van der Waals surface area contributed by atoms with E-state index >= 15 is 0 Å². The highest BCUT2D eigenvalue weighted by Crippen LogP contribution is 2.16. The number of hydrazone groups is 1. The van der Waals surface area contributed by atoms with E-state index in [4.69, 9.17) is 9.47 Å². The Morgan fingerprint density at radius 3 is 2.70 bits per heavy atom. The van der Waals surface area contributed by atoms with Crippen LogP contribution >= 0.6 is 11.3 Å². The van der Waals surface area contributed by atoms with Crippen LogP contribution in [0.4, 0.5) is 0 Å². The maximum atomic E-state index is 11.5. The molecule has 1 N–H and O–H groups in total. The van der Waals surface area contributed by atoms with Gasteiger partial charge in [-0.05, 0) is 35.7 Å². The largest absolute Gasteiger partial charge is 0.497 e. The molecule has 0 saturated carbocycles. The molecule has 0 bridgehead atoms. The van der Waals surface area contributed by atoms with Crippen molar-refractivity contribution in [1.29, 1.82) is 0 Å². The minimum Gasteiger partial charge on any atom is -0.497 e. The van der Waals surface area contributed by atoms with Crippen molar-refractivity contribution in [2.75, 3.05) is 13.7 Å². The lowest BCUT2D eigenvalue weighted by Gasteiger charge is -2.05. The number of hydrogen-bond acceptors (Lipinski definition) is 5. The first kappa shape index (κ1) is 14.1. The fraction of sp³-hybridized carbons (Fsp3) is 0.143.